The maximum atomic E-state index is 11.5. The molecule has 0 bridgehead atoms. The average molecular weight is 167 g/mol. The molecular weight excluding hydrogens is 150 g/mol. The summed E-state index contributed by atoms with van der Waals surface area (Å²) in [6.07, 6.45) is 8.55. The Morgan fingerprint density at radius 2 is 1.83 bits per heavy atom. The molecule has 2 rings (SSSR count). The van der Waals surface area contributed by atoms with Gasteiger partial charge in [-0.3, -0.25) is 0 Å². The van der Waals surface area contributed by atoms with Gasteiger partial charge in [0, 0.05) is 18.8 Å². The van der Waals surface area contributed by atoms with Gasteiger partial charge >= 0.3 is 0 Å². The molecule has 1 aliphatic heterocycles. The van der Waals surface area contributed by atoms with Gasteiger partial charge in [-0.25, -0.2) is 4.74 Å². The molecule has 1 fully saturated rings. The van der Waals surface area contributed by atoms with Crippen LogP contribution in [0.5, 0.6) is 0 Å². The molecule has 2 heteroatoms. The Bertz CT molecular complexity index is 198. The van der Waals surface area contributed by atoms with Crippen LogP contribution in [0.15, 0.2) is 0 Å². The van der Waals surface area contributed by atoms with Gasteiger partial charge < -0.3 is 5.21 Å². The monoisotopic (exact) mass is 167 g/mol. The van der Waals surface area contributed by atoms with Crippen molar-refractivity contribution in [3.63, 3.8) is 0 Å². The van der Waals surface area contributed by atoms with E-state index in [-0.39, 0.29) is 0 Å². The standard InChI is InChI=1S/C10H17NO/c12-11-8-4-3-6-9-5-1-2-7-10(9)11/h9H,1-8H2. The SMILES string of the molecule is [O-][N+]1=C2CCCCC2CCCC1. The third kappa shape index (κ3) is 1.47. The molecule has 0 aromatic heterocycles. The predicted octanol–water partition coefficient (Wildman–Crippen LogP) is 2.31. The van der Waals surface area contributed by atoms with Gasteiger partial charge in [-0.1, -0.05) is 6.42 Å². The van der Waals surface area contributed by atoms with Crippen molar-refractivity contribution in [2.45, 2.75) is 44.9 Å². The van der Waals surface area contributed by atoms with E-state index in [9.17, 15) is 5.21 Å². The summed E-state index contributed by atoms with van der Waals surface area (Å²) in [4.78, 5) is 0. The highest BCUT2D eigenvalue weighted by molar-refractivity contribution is 5.83. The molecule has 0 spiro atoms. The zero-order chi connectivity index (χ0) is 8.39. The van der Waals surface area contributed by atoms with Gasteiger partial charge in [-0.15, -0.1) is 0 Å². The maximum absolute atomic E-state index is 11.5. The fourth-order valence-corrected chi connectivity index (χ4v) is 2.50. The van der Waals surface area contributed by atoms with E-state index in [1.54, 1.807) is 0 Å². The van der Waals surface area contributed by atoms with Crippen LogP contribution < -0.4 is 0 Å². The second kappa shape index (κ2) is 3.46. The zero-order valence-electron chi connectivity index (χ0n) is 7.59. The average Bonchev–Trinajstić information content (AvgIpc) is 2.29. The smallest absolute Gasteiger partial charge is 0.166 e. The van der Waals surface area contributed by atoms with E-state index in [1.807, 2.05) is 0 Å². The predicted molar refractivity (Wildman–Crippen MR) is 49.3 cm³/mol. The largest absolute Gasteiger partial charge is 0.624 e. The maximum Gasteiger partial charge on any atom is 0.166 e. The number of rotatable bonds is 0. The highest BCUT2D eigenvalue weighted by Gasteiger charge is 2.27. The Morgan fingerprint density at radius 1 is 1.08 bits per heavy atom. The molecule has 1 atom stereocenters. The van der Waals surface area contributed by atoms with Gasteiger partial charge in [-0.2, -0.15) is 0 Å². The fourth-order valence-electron chi connectivity index (χ4n) is 2.50. The topological polar surface area (TPSA) is 26.1 Å². The molecular formula is C10H17NO. The molecule has 1 aliphatic carbocycles. The van der Waals surface area contributed by atoms with Crippen LogP contribution in [0.2, 0.25) is 0 Å². The Hall–Kier alpha value is -0.530. The summed E-state index contributed by atoms with van der Waals surface area (Å²) in [5.74, 6) is 0.652. The molecule has 0 saturated heterocycles. The molecule has 2 nitrogen and oxygen atoms in total. The molecule has 0 aromatic rings. The quantitative estimate of drug-likeness (QED) is 0.401. The number of fused-ring (bicyclic) bond motifs is 1. The molecule has 1 unspecified atom stereocenters. The molecule has 1 saturated carbocycles. The van der Waals surface area contributed by atoms with Crippen LogP contribution in [0, 0.1) is 11.1 Å². The van der Waals surface area contributed by atoms with Crippen molar-refractivity contribution in [1.82, 2.24) is 0 Å². The van der Waals surface area contributed by atoms with Gasteiger partial charge in [0.25, 0.3) is 0 Å². The first-order valence-corrected chi connectivity index (χ1v) is 5.18. The fraction of sp³-hybridized carbons (Fsp3) is 0.900. The minimum absolute atomic E-state index is 0.652. The summed E-state index contributed by atoms with van der Waals surface area (Å²) in [6.45, 7) is 0.756. The highest BCUT2D eigenvalue weighted by atomic mass is 16.5. The third-order valence-electron chi connectivity index (χ3n) is 3.19. The summed E-state index contributed by atoms with van der Waals surface area (Å²) in [6, 6.07) is 0. The van der Waals surface area contributed by atoms with E-state index in [4.69, 9.17) is 0 Å². The lowest BCUT2D eigenvalue weighted by atomic mass is 9.84. The third-order valence-corrected chi connectivity index (χ3v) is 3.19. The Kier molecular flexibility index (Phi) is 2.33. The number of nitrogens with zero attached hydrogens (tertiary/aromatic N) is 1. The number of hydrogen-bond acceptors (Lipinski definition) is 1. The minimum atomic E-state index is 0.652. The zero-order valence-corrected chi connectivity index (χ0v) is 7.59. The second-order valence-electron chi connectivity index (χ2n) is 4.03. The second-order valence-corrected chi connectivity index (χ2v) is 4.03. The molecule has 12 heavy (non-hydrogen) atoms. The Labute approximate surface area is 73.9 Å². The van der Waals surface area contributed by atoms with Crippen LogP contribution in [0.4, 0.5) is 0 Å². The molecule has 0 N–H and O–H groups in total. The lowest BCUT2D eigenvalue weighted by Gasteiger charge is -2.21. The van der Waals surface area contributed by atoms with E-state index in [0.29, 0.717) is 5.92 Å². The summed E-state index contributed by atoms with van der Waals surface area (Å²) >= 11 is 0. The summed E-state index contributed by atoms with van der Waals surface area (Å²) in [7, 11) is 0. The van der Waals surface area contributed by atoms with Crippen molar-refractivity contribution in [3.8, 4) is 0 Å². The van der Waals surface area contributed by atoms with E-state index < -0.39 is 0 Å². The van der Waals surface area contributed by atoms with Gasteiger partial charge in [0.2, 0.25) is 0 Å². The lowest BCUT2D eigenvalue weighted by molar-refractivity contribution is -0.461. The summed E-state index contributed by atoms with van der Waals surface area (Å²) < 4.78 is 1.29. The van der Waals surface area contributed by atoms with Crippen LogP contribution in [0.3, 0.4) is 0 Å². The van der Waals surface area contributed by atoms with E-state index in [0.717, 1.165) is 19.4 Å². The normalized spacial score (nSPS) is 31.2. The molecule has 0 aromatic carbocycles. The molecule has 1 heterocycles. The van der Waals surface area contributed by atoms with Crippen LogP contribution in [-0.4, -0.2) is 17.0 Å². The molecule has 0 amide bonds. The summed E-state index contributed by atoms with van der Waals surface area (Å²) in [5, 5.41) is 11.5. The Balaban J connectivity index is 2.17. The van der Waals surface area contributed by atoms with Gasteiger partial charge in [0.1, 0.15) is 0 Å². The van der Waals surface area contributed by atoms with Crippen LogP contribution >= 0.6 is 0 Å². The first kappa shape index (κ1) is 8.09. The highest BCUT2D eigenvalue weighted by Crippen LogP contribution is 2.27. The van der Waals surface area contributed by atoms with Crippen LogP contribution in [0.25, 0.3) is 0 Å². The molecule has 68 valence electrons. The number of hydrogen-bond donors (Lipinski definition) is 0. The molecule has 2 aliphatic rings. The summed E-state index contributed by atoms with van der Waals surface area (Å²) in [5.41, 5.74) is 1.22. The van der Waals surface area contributed by atoms with Crippen molar-refractivity contribution in [3.05, 3.63) is 5.21 Å². The first-order chi connectivity index (χ1) is 5.88. The minimum Gasteiger partial charge on any atom is -0.624 e. The van der Waals surface area contributed by atoms with Crippen molar-refractivity contribution < 1.29 is 4.74 Å². The lowest BCUT2D eigenvalue weighted by Crippen LogP contribution is -2.26. The van der Waals surface area contributed by atoms with E-state index >= 15 is 0 Å². The van der Waals surface area contributed by atoms with E-state index in [1.165, 1.54) is 42.6 Å². The van der Waals surface area contributed by atoms with Crippen LogP contribution in [-0.2, 0) is 0 Å². The van der Waals surface area contributed by atoms with Crippen molar-refractivity contribution >= 4 is 5.71 Å². The van der Waals surface area contributed by atoms with Gasteiger partial charge in [-0.05, 0) is 25.7 Å². The van der Waals surface area contributed by atoms with E-state index in [2.05, 4.69) is 0 Å². The van der Waals surface area contributed by atoms with Gasteiger partial charge in [0.15, 0.2) is 12.3 Å². The first-order valence-electron chi connectivity index (χ1n) is 5.18. The van der Waals surface area contributed by atoms with Gasteiger partial charge in [0.05, 0.1) is 0 Å². The van der Waals surface area contributed by atoms with Crippen LogP contribution in [0.1, 0.15) is 44.9 Å². The van der Waals surface area contributed by atoms with Crippen molar-refractivity contribution in [2.24, 2.45) is 5.92 Å². The van der Waals surface area contributed by atoms with Crippen molar-refractivity contribution in [2.75, 3.05) is 6.54 Å². The molecule has 0 radical (unpaired) electrons. The Morgan fingerprint density at radius 3 is 2.67 bits per heavy atom. The van der Waals surface area contributed by atoms with Crippen molar-refractivity contribution in [1.29, 1.82) is 0 Å². The number of hydroxylamine groups is 1.